The molecule has 8 nitrogen and oxygen atoms in total. The SMILES string of the molecule is CCOc1ccc([C@@H]2CC(=O)C3=C(C2)Nc2ccccc2N[C@H]3c2ccc(OC)c(OC)c2OC)cc1OC. The topological polar surface area (TPSA) is 87.3 Å². The predicted octanol–water partition coefficient (Wildman–Crippen LogP) is 6.10. The molecule has 2 aliphatic rings. The first kappa shape index (κ1) is 26.3. The average molecular weight is 531 g/mol. The highest BCUT2D eigenvalue weighted by molar-refractivity contribution is 6.01. The molecule has 3 aromatic rings. The summed E-state index contributed by atoms with van der Waals surface area (Å²) in [5.41, 5.74) is 5.18. The molecule has 2 N–H and O–H groups in total. The van der Waals surface area contributed by atoms with Gasteiger partial charge < -0.3 is 34.3 Å². The Morgan fingerprint density at radius 2 is 1.51 bits per heavy atom. The van der Waals surface area contributed by atoms with E-state index in [0.717, 1.165) is 28.2 Å². The summed E-state index contributed by atoms with van der Waals surface area (Å²) in [6.07, 6.45) is 1.02. The van der Waals surface area contributed by atoms with Crippen molar-refractivity contribution in [2.75, 3.05) is 45.7 Å². The molecular weight excluding hydrogens is 496 g/mol. The molecule has 8 heteroatoms. The summed E-state index contributed by atoms with van der Waals surface area (Å²) in [5.74, 6) is 2.95. The quantitative estimate of drug-likeness (QED) is 0.361. The molecule has 204 valence electrons. The molecule has 0 aromatic heterocycles. The summed E-state index contributed by atoms with van der Waals surface area (Å²) in [7, 11) is 6.39. The monoisotopic (exact) mass is 530 g/mol. The molecule has 1 heterocycles. The zero-order valence-electron chi connectivity index (χ0n) is 22.9. The van der Waals surface area contributed by atoms with Gasteiger partial charge in [-0.05, 0) is 61.2 Å². The van der Waals surface area contributed by atoms with E-state index in [1.165, 1.54) is 0 Å². The molecule has 0 bridgehead atoms. The van der Waals surface area contributed by atoms with Gasteiger partial charge in [0.05, 0.1) is 52.5 Å². The number of rotatable bonds is 8. The van der Waals surface area contributed by atoms with Crippen LogP contribution in [0.4, 0.5) is 11.4 Å². The number of fused-ring (bicyclic) bond motifs is 1. The number of anilines is 2. The highest BCUT2D eigenvalue weighted by atomic mass is 16.5. The zero-order chi connectivity index (χ0) is 27.5. The van der Waals surface area contributed by atoms with Crippen molar-refractivity contribution in [2.45, 2.75) is 31.7 Å². The van der Waals surface area contributed by atoms with E-state index in [-0.39, 0.29) is 11.7 Å². The fraction of sp³-hybridized carbons (Fsp3) is 0.323. The summed E-state index contributed by atoms with van der Waals surface area (Å²) >= 11 is 0. The molecule has 3 aromatic carbocycles. The number of ether oxygens (including phenoxy) is 5. The number of methoxy groups -OCH3 is 4. The third kappa shape index (κ3) is 4.82. The number of Topliss-reactive ketones (excluding diaryl/α,β-unsaturated/α-hetero) is 1. The fourth-order valence-electron chi connectivity index (χ4n) is 5.53. The minimum Gasteiger partial charge on any atom is -0.493 e. The summed E-state index contributed by atoms with van der Waals surface area (Å²) in [6.45, 7) is 2.49. The molecule has 0 radical (unpaired) electrons. The van der Waals surface area contributed by atoms with Gasteiger partial charge in [0.25, 0.3) is 0 Å². The van der Waals surface area contributed by atoms with Crippen LogP contribution < -0.4 is 34.3 Å². The molecule has 0 spiro atoms. The Bertz CT molecular complexity index is 1420. The molecule has 1 aliphatic heterocycles. The van der Waals surface area contributed by atoms with E-state index >= 15 is 0 Å². The third-order valence-electron chi connectivity index (χ3n) is 7.31. The Balaban J connectivity index is 1.62. The van der Waals surface area contributed by atoms with Crippen molar-refractivity contribution in [2.24, 2.45) is 0 Å². The lowest BCUT2D eigenvalue weighted by Gasteiger charge is -2.31. The third-order valence-corrected chi connectivity index (χ3v) is 7.31. The van der Waals surface area contributed by atoms with Crippen LogP contribution in [0.25, 0.3) is 0 Å². The Labute approximate surface area is 228 Å². The maximum Gasteiger partial charge on any atom is 0.203 e. The van der Waals surface area contributed by atoms with Gasteiger partial charge in [-0.1, -0.05) is 18.2 Å². The summed E-state index contributed by atoms with van der Waals surface area (Å²) in [4.78, 5) is 14.0. The first-order valence-corrected chi connectivity index (χ1v) is 13.0. The van der Waals surface area contributed by atoms with Crippen LogP contribution in [0.15, 0.2) is 65.9 Å². The number of allylic oxidation sites excluding steroid dienone is 1. The van der Waals surface area contributed by atoms with Crippen LogP contribution in [0.1, 0.15) is 42.9 Å². The van der Waals surface area contributed by atoms with Gasteiger partial charge in [-0.15, -0.1) is 0 Å². The molecule has 0 fully saturated rings. The molecule has 0 saturated heterocycles. The van der Waals surface area contributed by atoms with Crippen molar-refractivity contribution in [1.82, 2.24) is 0 Å². The van der Waals surface area contributed by atoms with Crippen molar-refractivity contribution in [3.8, 4) is 28.7 Å². The van der Waals surface area contributed by atoms with Crippen molar-refractivity contribution in [3.05, 3.63) is 77.0 Å². The first-order chi connectivity index (χ1) is 19.0. The average Bonchev–Trinajstić information content (AvgIpc) is 3.13. The molecule has 1 aliphatic carbocycles. The van der Waals surface area contributed by atoms with Crippen molar-refractivity contribution in [1.29, 1.82) is 0 Å². The van der Waals surface area contributed by atoms with Gasteiger partial charge in [0.1, 0.15) is 0 Å². The van der Waals surface area contributed by atoms with E-state index in [1.807, 2.05) is 61.5 Å². The molecule has 0 amide bonds. The van der Waals surface area contributed by atoms with Gasteiger partial charge in [0, 0.05) is 23.3 Å². The smallest absolute Gasteiger partial charge is 0.203 e. The highest BCUT2D eigenvalue weighted by Gasteiger charge is 2.38. The lowest BCUT2D eigenvalue weighted by molar-refractivity contribution is -0.116. The van der Waals surface area contributed by atoms with Crippen LogP contribution in [-0.2, 0) is 4.79 Å². The number of carbonyl (C=O) groups excluding carboxylic acids is 1. The van der Waals surface area contributed by atoms with E-state index in [0.29, 0.717) is 53.8 Å². The molecule has 39 heavy (non-hydrogen) atoms. The number of nitrogens with one attached hydrogen (secondary N) is 2. The largest absolute Gasteiger partial charge is 0.493 e. The van der Waals surface area contributed by atoms with Crippen LogP contribution in [0, 0.1) is 0 Å². The van der Waals surface area contributed by atoms with Crippen LogP contribution in [0.3, 0.4) is 0 Å². The molecule has 5 rings (SSSR count). The molecule has 0 unspecified atom stereocenters. The summed E-state index contributed by atoms with van der Waals surface area (Å²) in [6, 6.07) is 17.2. The number of hydrogen-bond acceptors (Lipinski definition) is 8. The van der Waals surface area contributed by atoms with Gasteiger partial charge in [-0.2, -0.15) is 0 Å². The minimum absolute atomic E-state index is 0.0217. The zero-order valence-corrected chi connectivity index (χ0v) is 22.9. The van der Waals surface area contributed by atoms with Gasteiger partial charge in [-0.25, -0.2) is 0 Å². The van der Waals surface area contributed by atoms with E-state index in [4.69, 9.17) is 23.7 Å². The second-order valence-corrected chi connectivity index (χ2v) is 9.44. The van der Waals surface area contributed by atoms with Gasteiger partial charge in [-0.3, -0.25) is 4.79 Å². The Morgan fingerprint density at radius 3 is 2.21 bits per heavy atom. The summed E-state index contributed by atoms with van der Waals surface area (Å²) < 4.78 is 28.3. The number of benzene rings is 3. The lowest BCUT2D eigenvalue weighted by atomic mass is 9.78. The van der Waals surface area contributed by atoms with Crippen LogP contribution in [0.5, 0.6) is 28.7 Å². The number of ketones is 1. The van der Waals surface area contributed by atoms with Gasteiger partial charge in [0.15, 0.2) is 28.8 Å². The van der Waals surface area contributed by atoms with Crippen LogP contribution >= 0.6 is 0 Å². The Morgan fingerprint density at radius 1 is 0.795 bits per heavy atom. The van der Waals surface area contributed by atoms with Crippen LogP contribution in [-0.4, -0.2) is 40.8 Å². The van der Waals surface area contributed by atoms with Crippen molar-refractivity contribution >= 4 is 17.2 Å². The van der Waals surface area contributed by atoms with E-state index in [1.54, 1.807) is 28.4 Å². The second kappa shape index (κ2) is 11.2. The number of carbonyl (C=O) groups is 1. The van der Waals surface area contributed by atoms with Crippen molar-refractivity contribution < 1.29 is 28.5 Å². The Kier molecular flexibility index (Phi) is 7.54. The fourth-order valence-corrected chi connectivity index (χ4v) is 5.53. The lowest BCUT2D eigenvalue weighted by Crippen LogP contribution is -2.27. The standard InChI is InChI=1S/C31H34N2O6/c1-6-39-25-13-11-18(17-27(25)36-3)19-15-23-28(24(34)16-19)29(33-22-10-8-7-9-21(22)32-23)20-12-14-26(35-2)31(38-5)30(20)37-4/h7-14,17,19,29,32-33H,6,15-16H2,1-5H3/t19-,29-/m0/s1. The molecular formula is C31H34N2O6. The van der Waals surface area contributed by atoms with Crippen LogP contribution in [0.2, 0.25) is 0 Å². The minimum atomic E-state index is -0.464. The maximum atomic E-state index is 14.0. The molecule has 2 atom stereocenters. The van der Waals surface area contributed by atoms with Gasteiger partial charge >= 0.3 is 0 Å². The summed E-state index contributed by atoms with van der Waals surface area (Å²) in [5, 5.41) is 7.19. The Hall–Kier alpha value is -4.33. The van der Waals surface area contributed by atoms with E-state index < -0.39 is 6.04 Å². The number of para-hydroxylation sites is 2. The molecule has 0 saturated carbocycles. The van der Waals surface area contributed by atoms with E-state index in [9.17, 15) is 4.79 Å². The maximum absolute atomic E-state index is 14.0. The van der Waals surface area contributed by atoms with E-state index in [2.05, 4.69) is 10.6 Å². The first-order valence-electron chi connectivity index (χ1n) is 13.0. The predicted molar refractivity (Wildman–Crippen MR) is 151 cm³/mol. The number of hydrogen-bond donors (Lipinski definition) is 2. The van der Waals surface area contributed by atoms with Gasteiger partial charge in [0.2, 0.25) is 5.75 Å². The second-order valence-electron chi connectivity index (χ2n) is 9.44. The van der Waals surface area contributed by atoms with Crippen molar-refractivity contribution in [3.63, 3.8) is 0 Å². The normalized spacial score (nSPS) is 18.1. The highest BCUT2D eigenvalue weighted by Crippen LogP contribution is 2.49.